The van der Waals surface area contributed by atoms with E-state index in [1.54, 1.807) is 12.3 Å². The number of aryl methyl sites for hydroxylation is 1. The Labute approximate surface area is 82.6 Å². The van der Waals surface area contributed by atoms with Gasteiger partial charge >= 0.3 is 0 Å². The fourth-order valence-electron chi connectivity index (χ4n) is 1.65. The van der Waals surface area contributed by atoms with Crippen LogP contribution in [0.1, 0.15) is 22.8 Å². The van der Waals surface area contributed by atoms with Crippen LogP contribution in [0.25, 0.3) is 10.9 Å². The summed E-state index contributed by atoms with van der Waals surface area (Å²) in [6.07, 6.45) is 3.50. The third kappa shape index (κ3) is 1.29. The van der Waals surface area contributed by atoms with Gasteiger partial charge in [0.15, 0.2) is 6.29 Å². The highest BCUT2D eigenvalue weighted by Crippen LogP contribution is 2.19. The number of carbonyl (C=O) groups excluding carboxylic acids is 1. The molecule has 1 aromatic heterocycles. The Hall–Kier alpha value is -1.70. The molecule has 0 N–H and O–H groups in total. The highest BCUT2D eigenvalue weighted by Gasteiger charge is 2.03. The number of benzene rings is 1. The Morgan fingerprint density at radius 2 is 2.21 bits per heavy atom. The van der Waals surface area contributed by atoms with Gasteiger partial charge in [-0.05, 0) is 18.1 Å². The first-order valence-electron chi connectivity index (χ1n) is 4.68. The van der Waals surface area contributed by atoms with E-state index in [0.717, 1.165) is 23.6 Å². The van der Waals surface area contributed by atoms with Crippen molar-refractivity contribution in [3.05, 3.63) is 41.6 Å². The van der Waals surface area contributed by atoms with Crippen molar-refractivity contribution in [1.29, 1.82) is 0 Å². The SMILES string of the molecule is CCc1cccc2c(C=O)ccnc12. The lowest BCUT2D eigenvalue weighted by Crippen LogP contribution is -1.90. The van der Waals surface area contributed by atoms with E-state index in [-0.39, 0.29) is 0 Å². The molecule has 1 aromatic carbocycles. The van der Waals surface area contributed by atoms with E-state index in [1.165, 1.54) is 5.56 Å². The number of aromatic nitrogens is 1. The topological polar surface area (TPSA) is 30.0 Å². The average Bonchev–Trinajstić information content (AvgIpc) is 2.27. The van der Waals surface area contributed by atoms with Crippen molar-refractivity contribution in [1.82, 2.24) is 4.98 Å². The summed E-state index contributed by atoms with van der Waals surface area (Å²) in [4.78, 5) is 15.1. The van der Waals surface area contributed by atoms with Gasteiger partial charge in [-0.1, -0.05) is 25.1 Å². The van der Waals surface area contributed by atoms with E-state index >= 15 is 0 Å². The van der Waals surface area contributed by atoms with Crippen LogP contribution in [-0.2, 0) is 6.42 Å². The molecule has 0 bridgehead atoms. The summed E-state index contributed by atoms with van der Waals surface area (Å²) >= 11 is 0. The fraction of sp³-hybridized carbons (Fsp3) is 0.167. The number of hydrogen-bond donors (Lipinski definition) is 0. The Balaban J connectivity index is 2.84. The molecule has 14 heavy (non-hydrogen) atoms. The lowest BCUT2D eigenvalue weighted by Gasteiger charge is -2.03. The van der Waals surface area contributed by atoms with Crippen molar-refractivity contribution in [3.63, 3.8) is 0 Å². The monoisotopic (exact) mass is 185 g/mol. The van der Waals surface area contributed by atoms with Crippen LogP contribution in [0.3, 0.4) is 0 Å². The maximum atomic E-state index is 10.8. The van der Waals surface area contributed by atoms with E-state index in [4.69, 9.17) is 0 Å². The van der Waals surface area contributed by atoms with Crippen LogP contribution < -0.4 is 0 Å². The molecule has 0 atom stereocenters. The molecule has 2 heteroatoms. The van der Waals surface area contributed by atoms with Crippen LogP contribution in [0.15, 0.2) is 30.5 Å². The number of fused-ring (bicyclic) bond motifs is 1. The molecule has 70 valence electrons. The lowest BCUT2D eigenvalue weighted by molar-refractivity contribution is 0.112. The summed E-state index contributed by atoms with van der Waals surface area (Å²) in [5.74, 6) is 0. The summed E-state index contributed by atoms with van der Waals surface area (Å²) in [6, 6.07) is 7.69. The largest absolute Gasteiger partial charge is 0.298 e. The summed E-state index contributed by atoms with van der Waals surface area (Å²) in [5.41, 5.74) is 2.84. The van der Waals surface area contributed by atoms with Crippen LogP contribution in [0.4, 0.5) is 0 Å². The molecule has 0 amide bonds. The molecule has 2 rings (SSSR count). The maximum absolute atomic E-state index is 10.8. The Morgan fingerprint density at radius 3 is 2.93 bits per heavy atom. The number of aldehydes is 1. The van der Waals surface area contributed by atoms with Gasteiger partial charge < -0.3 is 0 Å². The average molecular weight is 185 g/mol. The minimum atomic E-state index is 0.713. The third-order valence-electron chi connectivity index (χ3n) is 2.40. The molecule has 0 radical (unpaired) electrons. The van der Waals surface area contributed by atoms with Gasteiger partial charge in [-0.3, -0.25) is 9.78 Å². The van der Waals surface area contributed by atoms with E-state index in [2.05, 4.69) is 11.9 Å². The van der Waals surface area contributed by atoms with Crippen LogP contribution >= 0.6 is 0 Å². The highest BCUT2D eigenvalue weighted by atomic mass is 16.1. The Kier molecular flexibility index (Phi) is 2.27. The normalized spacial score (nSPS) is 10.4. The Bertz CT molecular complexity index is 477. The standard InChI is InChI=1S/C12H11NO/c1-2-9-4-3-5-11-10(8-14)6-7-13-12(9)11/h3-8H,2H2,1H3. The molecule has 2 nitrogen and oxygen atoms in total. The number of carbonyl (C=O) groups is 1. The number of rotatable bonds is 2. The van der Waals surface area contributed by atoms with Crippen LogP contribution in [0.5, 0.6) is 0 Å². The van der Waals surface area contributed by atoms with Crippen molar-refractivity contribution in [2.75, 3.05) is 0 Å². The molecule has 0 aliphatic heterocycles. The minimum Gasteiger partial charge on any atom is -0.298 e. The van der Waals surface area contributed by atoms with E-state index < -0.39 is 0 Å². The first-order valence-corrected chi connectivity index (χ1v) is 4.68. The number of nitrogens with zero attached hydrogens (tertiary/aromatic N) is 1. The molecule has 0 saturated heterocycles. The van der Waals surface area contributed by atoms with Gasteiger partial charge in [-0.15, -0.1) is 0 Å². The molecule has 0 aliphatic carbocycles. The first-order chi connectivity index (χ1) is 6.86. The molecule has 0 fully saturated rings. The van der Waals surface area contributed by atoms with Gasteiger partial charge in [0, 0.05) is 17.1 Å². The second-order valence-corrected chi connectivity index (χ2v) is 3.18. The van der Waals surface area contributed by atoms with Gasteiger partial charge in [0.05, 0.1) is 5.52 Å². The van der Waals surface area contributed by atoms with Crippen molar-refractivity contribution in [3.8, 4) is 0 Å². The van der Waals surface area contributed by atoms with Gasteiger partial charge in [0.25, 0.3) is 0 Å². The van der Waals surface area contributed by atoms with Gasteiger partial charge in [-0.25, -0.2) is 0 Å². The molecule has 0 saturated carbocycles. The van der Waals surface area contributed by atoms with Crippen LogP contribution in [-0.4, -0.2) is 11.3 Å². The minimum absolute atomic E-state index is 0.713. The fourth-order valence-corrected chi connectivity index (χ4v) is 1.65. The van der Waals surface area contributed by atoms with Crippen LogP contribution in [0.2, 0.25) is 0 Å². The molecule has 2 aromatic rings. The zero-order valence-electron chi connectivity index (χ0n) is 8.03. The zero-order valence-corrected chi connectivity index (χ0v) is 8.03. The molecule has 0 aliphatic rings. The number of para-hydroxylation sites is 1. The quantitative estimate of drug-likeness (QED) is 0.673. The van der Waals surface area contributed by atoms with Crippen LogP contribution in [0, 0.1) is 0 Å². The second-order valence-electron chi connectivity index (χ2n) is 3.18. The smallest absolute Gasteiger partial charge is 0.150 e. The van der Waals surface area contributed by atoms with Gasteiger partial charge in [0.2, 0.25) is 0 Å². The van der Waals surface area contributed by atoms with Crippen molar-refractivity contribution < 1.29 is 4.79 Å². The summed E-state index contributed by atoms with van der Waals surface area (Å²) in [7, 11) is 0. The van der Waals surface area contributed by atoms with E-state index in [0.29, 0.717) is 5.56 Å². The highest BCUT2D eigenvalue weighted by molar-refractivity contribution is 5.97. The maximum Gasteiger partial charge on any atom is 0.150 e. The summed E-state index contributed by atoms with van der Waals surface area (Å²) in [6.45, 7) is 2.09. The van der Waals surface area contributed by atoms with E-state index in [9.17, 15) is 4.79 Å². The Morgan fingerprint density at radius 1 is 1.36 bits per heavy atom. The molecule has 1 heterocycles. The number of pyridine rings is 1. The molecule has 0 spiro atoms. The lowest BCUT2D eigenvalue weighted by atomic mass is 10.0. The molecular formula is C12H11NO. The molecular weight excluding hydrogens is 174 g/mol. The van der Waals surface area contributed by atoms with Gasteiger partial charge in [-0.2, -0.15) is 0 Å². The van der Waals surface area contributed by atoms with Crippen molar-refractivity contribution >= 4 is 17.2 Å². The van der Waals surface area contributed by atoms with Crippen molar-refractivity contribution in [2.45, 2.75) is 13.3 Å². The second kappa shape index (κ2) is 3.58. The van der Waals surface area contributed by atoms with Crippen molar-refractivity contribution in [2.24, 2.45) is 0 Å². The summed E-state index contributed by atoms with van der Waals surface area (Å²) in [5, 5.41) is 0.946. The predicted octanol–water partition coefficient (Wildman–Crippen LogP) is 2.61. The first kappa shape index (κ1) is 8.88. The number of hydrogen-bond acceptors (Lipinski definition) is 2. The third-order valence-corrected chi connectivity index (χ3v) is 2.40. The summed E-state index contributed by atoms with van der Waals surface area (Å²) < 4.78 is 0. The zero-order chi connectivity index (χ0) is 9.97. The molecule has 0 unspecified atom stereocenters. The van der Waals surface area contributed by atoms with Gasteiger partial charge in [0.1, 0.15) is 0 Å². The predicted molar refractivity (Wildman–Crippen MR) is 56.5 cm³/mol. The van der Waals surface area contributed by atoms with E-state index in [1.807, 2.05) is 18.2 Å².